The van der Waals surface area contributed by atoms with Crippen LogP contribution in [0.5, 0.6) is 17.2 Å². The van der Waals surface area contributed by atoms with Gasteiger partial charge in [-0.1, -0.05) is 23.7 Å². The fourth-order valence-electron chi connectivity index (χ4n) is 2.77. The van der Waals surface area contributed by atoms with Gasteiger partial charge in [0, 0.05) is 31.5 Å². The number of ether oxygens (including phenoxy) is 1. The van der Waals surface area contributed by atoms with Gasteiger partial charge >= 0.3 is 6.18 Å². The number of nitrogens with zero attached hydrogens (tertiary/aromatic N) is 1. The Labute approximate surface area is 196 Å². The van der Waals surface area contributed by atoms with E-state index in [9.17, 15) is 27.9 Å². The maximum absolute atomic E-state index is 13.0. The van der Waals surface area contributed by atoms with Crippen molar-refractivity contribution in [2.24, 2.45) is 0 Å². The van der Waals surface area contributed by atoms with E-state index in [1.54, 1.807) is 30.3 Å². The number of phenols is 1. The zero-order valence-electron chi connectivity index (χ0n) is 17.5. The second kappa shape index (κ2) is 10.3. The molecule has 0 aliphatic heterocycles. The van der Waals surface area contributed by atoms with E-state index in [-0.39, 0.29) is 11.6 Å². The number of aromatic hydroxyl groups is 1. The summed E-state index contributed by atoms with van der Waals surface area (Å²) in [7, 11) is 1.48. The second-order valence-corrected chi connectivity index (χ2v) is 7.21. The molecule has 0 unspecified atom stereocenters. The first-order chi connectivity index (χ1) is 16.1. The van der Waals surface area contributed by atoms with Crippen molar-refractivity contribution in [3.63, 3.8) is 0 Å². The van der Waals surface area contributed by atoms with Gasteiger partial charge < -0.3 is 20.5 Å². The van der Waals surface area contributed by atoms with Crippen LogP contribution in [0.15, 0.2) is 60.8 Å². The molecule has 0 aliphatic rings. The number of hydrogen-bond acceptors (Lipinski definition) is 5. The van der Waals surface area contributed by atoms with E-state index in [2.05, 4.69) is 15.6 Å². The summed E-state index contributed by atoms with van der Waals surface area (Å²) in [5.74, 6) is -0.986. The fraction of sp³-hybridized carbons (Fsp3) is 0.0870. The number of benzene rings is 2. The average Bonchev–Trinajstić information content (AvgIpc) is 2.78. The number of hydrogen-bond donors (Lipinski definition) is 3. The van der Waals surface area contributed by atoms with E-state index in [0.29, 0.717) is 29.2 Å². The van der Waals surface area contributed by atoms with Gasteiger partial charge in [-0.05, 0) is 35.9 Å². The highest BCUT2D eigenvalue weighted by Gasteiger charge is 2.34. The van der Waals surface area contributed by atoms with Crippen molar-refractivity contribution in [1.29, 1.82) is 0 Å². The van der Waals surface area contributed by atoms with Crippen molar-refractivity contribution in [2.45, 2.75) is 6.18 Å². The number of halogens is 4. The number of anilines is 1. The van der Waals surface area contributed by atoms with Crippen molar-refractivity contribution >= 4 is 35.2 Å². The summed E-state index contributed by atoms with van der Waals surface area (Å²) in [6.45, 7) is 0. The predicted molar refractivity (Wildman–Crippen MR) is 120 cm³/mol. The normalized spacial score (nSPS) is 11.3. The van der Waals surface area contributed by atoms with Crippen LogP contribution in [-0.2, 0) is 11.0 Å². The SMILES string of the molecule is CNC(=O)c1cc(Oc2cccc(/C=C/C(=O)Nc3cc(C(F)(F)F)c(Cl)cc3O)c2)ccn1. The largest absolute Gasteiger partial charge is 0.506 e. The fourth-order valence-corrected chi connectivity index (χ4v) is 3.04. The number of aromatic nitrogens is 1. The van der Waals surface area contributed by atoms with Gasteiger partial charge in [-0.3, -0.25) is 14.6 Å². The summed E-state index contributed by atoms with van der Waals surface area (Å²) in [6.07, 6.45) is -0.847. The van der Waals surface area contributed by atoms with E-state index in [1.807, 2.05) is 0 Å². The summed E-state index contributed by atoms with van der Waals surface area (Å²) in [4.78, 5) is 27.8. The van der Waals surface area contributed by atoms with E-state index >= 15 is 0 Å². The van der Waals surface area contributed by atoms with Crippen molar-refractivity contribution in [2.75, 3.05) is 12.4 Å². The molecule has 3 rings (SSSR count). The van der Waals surface area contributed by atoms with Crippen molar-refractivity contribution in [3.05, 3.63) is 82.6 Å². The minimum Gasteiger partial charge on any atom is -0.506 e. The quantitative estimate of drug-likeness (QED) is 0.322. The Bertz CT molecular complexity index is 1260. The maximum atomic E-state index is 13.0. The minimum absolute atomic E-state index is 0.173. The van der Waals surface area contributed by atoms with Crippen LogP contribution in [0.1, 0.15) is 21.6 Å². The Balaban J connectivity index is 1.72. The van der Waals surface area contributed by atoms with Gasteiger partial charge in [0.25, 0.3) is 5.91 Å². The highest BCUT2D eigenvalue weighted by atomic mass is 35.5. The molecule has 0 bridgehead atoms. The molecular formula is C23H17ClF3N3O4. The third-order valence-electron chi connectivity index (χ3n) is 4.36. The average molecular weight is 492 g/mol. The predicted octanol–water partition coefficient (Wildman–Crippen LogP) is 5.26. The molecule has 3 aromatic rings. The molecule has 3 N–H and O–H groups in total. The van der Waals surface area contributed by atoms with Crippen LogP contribution in [0, 0.1) is 0 Å². The van der Waals surface area contributed by atoms with Gasteiger partial charge in [-0.15, -0.1) is 0 Å². The summed E-state index contributed by atoms with van der Waals surface area (Å²) < 4.78 is 44.8. The molecule has 1 heterocycles. The molecule has 7 nitrogen and oxygen atoms in total. The summed E-state index contributed by atoms with van der Waals surface area (Å²) in [5.41, 5.74) is -0.906. The van der Waals surface area contributed by atoms with Crippen molar-refractivity contribution in [3.8, 4) is 17.2 Å². The number of rotatable bonds is 6. The van der Waals surface area contributed by atoms with Gasteiger partial charge in [0.2, 0.25) is 5.91 Å². The van der Waals surface area contributed by atoms with Crippen LogP contribution in [0.3, 0.4) is 0 Å². The number of alkyl halides is 3. The third kappa shape index (κ3) is 6.26. The Morgan fingerprint density at radius 2 is 1.85 bits per heavy atom. The summed E-state index contributed by atoms with van der Waals surface area (Å²) in [5, 5.41) is 13.8. The Morgan fingerprint density at radius 1 is 1.12 bits per heavy atom. The second-order valence-electron chi connectivity index (χ2n) is 6.80. The van der Waals surface area contributed by atoms with Crippen LogP contribution in [0.2, 0.25) is 5.02 Å². The van der Waals surface area contributed by atoms with Crippen molar-refractivity contribution in [1.82, 2.24) is 10.3 Å². The minimum atomic E-state index is -4.75. The number of nitrogens with one attached hydrogen (secondary N) is 2. The Kier molecular flexibility index (Phi) is 7.42. The first-order valence-electron chi connectivity index (χ1n) is 9.61. The lowest BCUT2D eigenvalue weighted by atomic mass is 10.1. The maximum Gasteiger partial charge on any atom is 0.417 e. The lowest BCUT2D eigenvalue weighted by Gasteiger charge is -2.12. The lowest BCUT2D eigenvalue weighted by Crippen LogP contribution is -2.18. The molecule has 176 valence electrons. The molecule has 34 heavy (non-hydrogen) atoms. The Hall–Kier alpha value is -4.05. The van der Waals surface area contributed by atoms with Crippen molar-refractivity contribution < 1.29 is 32.6 Å². The van der Waals surface area contributed by atoms with E-state index in [4.69, 9.17) is 16.3 Å². The molecule has 0 aliphatic carbocycles. The first kappa shape index (κ1) is 24.6. The van der Waals surface area contributed by atoms with Crippen LogP contribution >= 0.6 is 11.6 Å². The monoisotopic (exact) mass is 491 g/mol. The standard InChI is InChI=1S/C23H17ClF3N3O4/c1-28-22(33)19-10-15(7-8-29-19)34-14-4-2-3-13(9-14)5-6-21(32)30-18-11-16(23(25,26)27)17(24)12-20(18)31/h2-12,31H,1H3,(H,28,33)(H,30,32)/b6-5+. The van der Waals surface area contributed by atoms with Gasteiger partial charge in [0.05, 0.1) is 16.3 Å². The van der Waals surface area contributed by atoms with E-state index < -0.39 is 34.1 Å². The molecular weight excluding hydrogens is 475 g/mol. The zero-order valence-corrected chi connectivity index (χ0v) is 18.2. The van der Waals surface area contributed by atoms with Gasteiger partial charge in [0.1, 0.15) is 22.9 Å². The molecule has 11 heteroatoms. The molecule has 2 aromatic carbocycles. The summed E-state index contributed by atoms with van der Waals surface area (Å²) in [6, 6.07) is 10.9. The molecule has 0 spiro atoms. The first-order valence-corrected chi connectivity index (χ1v) is 9.99. The van der Waals surface area contributed by atoms with E-state index in [0.717, 1.165) is 6.08 Å². The smallest absolute Gasteiger partial charge is 0.417 e. The van der Waals surface area contributed by atoms with E-state index in [1.165, 1.54) is 25.4 Å². The van der Waals surface area contributed by atoms with Crippen LogP contribution in [0.25, 0.3) is 6.08 Å². The van der Waals surface area contributed by atoms with Crippen LogP contribution in [-0.4, -0.2) is 29.0 Å². The highest BCUT2D eigenvalue weighted by Crippen LogP contribution is 2.40. The lowest BCUT2D eigenvalue weighted by molar-refractivity contribution is -0.137. The van der Waals surface area contributed by atoms with Gasteiger partial charge in [-0.25, -0.2) is 0 Å². The topological polar surface area (TPSA) is 101 Å². The molecule has 0 radical (unpaired) electrons. The Morgan fingerprint density at radius 3 is 2.56 bits per heavy atom. The number of carbonyl (C=O) groups excluding carboxylic acids is 2. The van der Waals surface area contributed by atoms with Gasteiger partial charge in [0.15, 0.2) is 0 Å². The number of carbonyl (C=O) groups is 2. The third-order valence-corrected chi connectivity index (χ3v) is 4.67. The van der Waals surface area contributed by atoms with Crippen LogP contribution in [0.4, 0.5) is 18.9 Å². The molecule has 0 saturated heterocycles. The summed E-state index contributed by atoms with van der Waals surface area (Å²) >= 11 is 5.53. The highest BCUT2D eigenvalue weighted by molar-refractivity contribution is 6.31. The van der Waals surface area contributed by atoms with Crippen LogP contribution < -0.4 is 15.4 Å². The zero-order chi connectivity index (χ0) is 24.9. The number of amides is 2. The molecule has 0 saturated carbocycles. The number of phenolic OH excluding ortho intramolecular Hbond substituents is 1. The molecule has 0 fully saturated rings. The molecule has 1 aromatic heterocycles. The molecule has 2 amide bonds. The number of pyridine rings is 1. The van der Waals surface area contributed by atoms with Gasteiger partial charge in [-0.2, -0.15) is 13.2 Å². The molecule has 0 atom stereocenters.